The third kappa shape index (κ3) is 2.60. The van der Waals surface area contributed by atoms with Crippen LogP contribution in [0.5, 0.6) is 0 Å². The molecule has 1 aliphatic rings. The molecule has 1 fully saturated rings. The van der Waals surface area contributed by atoms with Crippen LogP contribution in [0, 0.1) is 5.92 Å². The molecule has 0 saturated heterocycles. The minimum absolute atomic E-state index is 0.0686. The second-order valence-corrected chi connectivity index (χ2v) is 5.68. The maximum atomic E-state index is 12.7. The van der Waals surface area contributed by atoms with Crippen LogP contribution in [-0.4, -0.2) is 18.5 Å². The minimum atomic E-state index is -0.650. The molecule has 0 N–H and O–H groups in total. The molecule has 0 amide bonds. The Morgan fingerprint density at radius 1 is 1.50 bits per heavy atom. The number of carbonyl (C=O) groups is 1. The third-order valence-corrected chi connectivity index (χ3v) is 4.08. The zero-order valence-electron chi connectivity index (χ0n) is 10.9. The van der Waals surface area contributed by atoms with Crippen LogP contribution in [0.2, 0.25) is 5.02 Å². The first-order valence-corrected chi connectivity index (χ1v) is 6.81. The largest absolute Gasteiger partial charge is 0.370 e. The zero-order valence-corrected chi connectivity index (χ0v) is 11.7. The van der Waals surface area contributed by atoms with E-state index >= 15 is 0 Å². The molecule has 2 atom stereocenters. The normalized spacial score (nSPS) is 28.1. The number of ketones is 1. The number of carbonyl (C=O) groups excluding carboxylic acids is 1. The first-order chi connectivity index (χ1) is 8.57. The van der Waals surface area contributed by atoms with Gasteiger partial charge in [0.25, 0.3) is 0 Å². The molecule has 1 aromatic rings. The van der Waals surface area contributed by atoms with E-state index in [1.165, 1.54) is 6.42 Å². The van der Waals surface area contributed by atoms with Gasteiger partial charge in [-0.15, -0.1) is 0 Å². The maximum absolute atomic E-state index is 12.7. The number of methoxy groups -OCH3 is 1. The first-order valence-electron chi connectivity index (χ1n) is 6.43. The summed E-state index contributed by atoms with van der Waals surface area (Å²) in [5, 5.41) is 0.593. The van der Waals surface area contributed by atoms with Crippen LogP contribution in [-0.2, 0) is 4.74 Å². The van der Waals surface area contributed by atoms with Gasteiger partial charge in [0, 0.05) is 17.7 Å². The topological polar surface area (TPSA) is 26.3 Å². The Morgan fingerprint density at radius 2 is 2.28 bits per heavy atom. The average Bonchev–Trinajstić information content (AvgIpc) is 2.37. The SMILES string of the molecule is COC1(C(=O)c2cccc(Cl)c2)CCCC(C)C1. The lowest BCUT2D eigenvalue weighted by atomic mass is 9.75. The molecule has 0 radical (unpaired) electrons. The number of hydrogen-bond donors (Lipinski definition) is 0. The van der Waals surface area contributed by atoms with Gasteiger partial charge in [0.2, 0.25) is 0 Å². The van der Waals surface area contributed by atoms with Crippen LogP contribution in [0.15, 0.2) is 24.3 Å². The molecule has 0 heterocycles. The summed E-state index contributed by atoms with van der Waals surface area (Å²) in [5.74, 6) is 0.598. The van der Waals surface area contributed by atoms with Gasteiger partial charge >= 0.3 is 0 Å². The molecule has 0 spiro atoms. The van der Waals surface area contributed by atoms with Crippen molar-refractivity contribution in [2.24, 2.45) is 5.92 Å². The molecule has 1 aliphatic carbocycles. The second-order valence-electron chi connectivity index (χ2n) is 5.24. The van der Waals surface area contributed by atoms with E-state index in [4.69, 9.17) is 16.3 Å². The summed E-state index contributed by atoms with van der Waals surface area (Å²) in [5.41, 5.74) is 0.000895. The van der Waals surface area contributed by atoms with Crippen molar-refractivity contribution in [3.05, 3.63) is 34.9 Å². The molecule has 18 heavy (non-hydrogen) atoms. The lowest BCUT2D eigenvalue weighted by molar-refractivity contribution is -0.0302. The molecule has 1 saturated carbocycles. The summed E-state index contributed by atoms with van der Waals surface area (Å²) in [6, 6.07) is 7.13. The van der Waals surface area contributed by atoms with E-state index in [1.807, 2.05) is 12.1 Å². The standard InChI is InChI=1S/C15H19ClO2/c1-11-5-4-8-15(10-11,18-2)14(17)12-6-3-7-13(16)9-12/h3,6-7,9,11H,4-5,8,10H2,1-2H3. The number of benzene rings is 1. The molecule has 3 heteroatoms. The van der Waals surface area contributed by atoms with E-state index in [2.05, 4.69) is 6.92 Å². The van der Waals surface area contributed by atoms with Gasteiger partial charge in [-0.3, -0.25) is 4.79 Å². The van der Waals surface area contributed by atoms with Crippen molar-refractivity contribution in [3.63, 3.8) is 0 Å². The Balaban J connectivity index is 2.30. The number of ether oxygens (including phenoxy) is 1. The lowest BCUT2D eigenvalue weighted by Crippen LogP contribution is -2.44. The molecule has 2 rings (SSSR count). The molecule has 2 nitrogen and oxygen atoms in total. The molecule has 0 bridgehead atoms. The highest BCUT2D eigenvalue weighted by molar-refractivity contribution is 6.31. The first kappa shape index (κ1) is 13.6. The molecule has 2 unspecified atom stereocenters. The van der Waals surface area contributed by atoms with Gasteiger partial charge in [-0.1, -0.05) is 37.1 Å². The molecular weight excluding hydrogens is 248 g/mol. The number of rotatable bonds is 3. The summed E-state index contributed by atoms with van der Waals surface area (Å²) in [7, 11) is 1.64. The van der Waals surface area contributed by atoms with Gasteiger partial charge in [-0.25, -0.2) is 0 Å². The number of Topliss-reactive ketones (excluding diaryl/α,β-unsaturated/α-hetero) is 1. The Labute approximate surface area is 113 Å². The van der Waals surface area contributed by atoms with Crippen LogP contribution in [0.1, 0.15) is 43.0 Å². The summed E-state index contributed by atoms with van der Waals surface area (Å²) < 4.78 is 5.61. The summed E-state index contributed by atoms with van der Waals surface area (Å²) >= 11 is 5.95. The Bertz CT molecular complexity index is 444. The lowest BCUT2D eigenvalue weighted by Gasteiger charge is -2.37. The number of halogens is 1. The van der Waals surface area contributed by atoms with Crippen LogP contribution in [0.25, 0.3) is 0 Å². The molecule has 98 valence electrons. The van der Waals surface area contributed by atoms with Crippen molar-refractivity contribution in [1.82, 2.24) is 0 Å². The van der Waals surface area contributed by atoms with E-state index in [0.717, 1.165) is 19.3 Å². The fourth-order valence-electron chi connectivity index (χ4n) is 2.88. The fourth-order valence-corrected chi connectivity index (χ4v) is 3.07. The van der Waals surface area contributed by atoms with Crippen molar-refractivity contribution in [3.8, 4) is 0 Å². The van der Waals surface area contributed by atoms with Gasteiger partial charge < -0.3 is 4.74 Å². The highest BCUT2D eigenvalue weighted by Crippen LogP contribution is 2.37. The Morgan fingerprint density at radius 3 is 2.89 bits per heavy atom. The monoisotopic (exact) mass is 266 g/mol. The van der Waals surface area contributed by atoms with Crippen LogP contribution in [0.4, 0.5) is 0 Å². The van der Waals surface area contributed by atoms with Crippen LogP contribution < -0.4 is 0 Å². The zero-order chi connectivity index (χ0) is 13.2. The van der Waals surface area contributed by atoms with Gasteiger partial charge in [0.15, 0.2) is 5.78 Å². The summed E-state index contributed by atoms with van der Waals surface area (Å²) in [6.45, 7) is 2.18. The molecule has 0 aliphatic heterocycles. The van der Waals surface area contributed by atoms with E-state index in [9.17, 15) is 4.79 Å². The molecule has 0 aromatic heterocycles. The smallest absolute Gasteiger partial charge is 0.194 e. The van der Waals surface area contributed by atoms with Crippen LogP contribution in [0.3, 0.4) is 0 Å². The minimum Gasteiger partial charge on any atom is -0.370 e. The Hall–Kier alpha value is -0.860. The fraction of sp³-hybridized carbons (Fsp3) is 0.533. The highest BCUT2D eigenvalue weighted by Gasteiger charge is 2.42. The maximum Gasteiger partial charge on any atom is 0.194 e. The predicted molar refractivity (Wildman–Crippen MR) is 73.2 cm³/mol. The highest BCUT2D eigenvalue weighted by atomic mass is 35.5. The third-order valence-electron chi connectivity index (χ3n) is 3.85. The molecular formula is C15H19ClO2. The van der Waals surface area contributed by atoms with Crippen molar-refractivity contribution >= 4 is 17.4 Å². The van der Waals surface area contributed by atoms with Gasteiger partial charge in [0.1, 0.15) is 5.60 Å². The van der Waals surface area contributed by atoms with Crippen LogP contribution >= 0.6 is 11.6 Å². The molecule has 1 aromatic carbocycles. The quantitative estimate of drug-likeness (QED) is 0.770. The summed E-state index contributed by atoms with van der Waals surface area (Å²) in [4.78, 5) is 12.7. The van der Waals surface area contributed by atoms with E-state index in [1.54, 1.807) is 19.2 Å². The number of hydrogen-bond acceptors (Lipinski definition) is 2. The van der Waals surface area contributed by atoms with Gasteiger partial charge in [-0.2, -0.15) is 0 Å². The van der Waals surface area contributed by atoms with E-state index in [-0.39, 0.29) is 5.78 Å². The van der Waals surface area contributed by atoms with Gasteiger partial charge in [0.05, 0.1) is 0 Å². The predicted octanol–water partition coefficient (Wildman–Crippen LogP) is 4.12. The second kappa shape index (κ2) is 5.41. The van der Waals surface area contributed by atoms with Gasteiger partial charge in [-0.05, 0) is 37.3 Å². The Kier molecular flexibility index (Phi) is 4.08. The average molecular weight is 267 g/mol. The van der Waals surface area contributed by atoms with Crippen molar-refractivity contribution in [1.29, 1.82) is 0 Å². The summed E-state index contributed by atoms with van der Waals surface area (Å²) in [6.07, 6.45) is 3.82. The van der Waals surface area contributed by atoms with Crippen molar-refractivity contribution < 1.29 is 9.53 Å². The van der Waals surface area contributed by atoms with Crippen molar-refractivity contribution in [2.45, 2.75) is 38.2 Å². The van der Waals surface area contributed by atoms with Crippen molar-refractivity contribution in [2.75, 3.05) is 7.11 Å². The van der Waals surface area contributed by atoms with E-state index < -0.39 is 5.60 Å². The van der Waals surface area contributed by atoms with E-state index in [0.29, 0.717) is 16.5 Å².